The van der Waals surface area contributed by atoms with Gasteiger partial charge in [0.25, 0.3) is 5.91 Å². The first-order valence-electron chi connectivity index (χ1n) is 7.52. The van der Waals surface area contributed by atoms with Crippen molar-refractivity contribution in [3.8, 4) is 0 Å². The topological polar surface area (TPSA) is 88.1 Å². The molecular formula is C14H25N5O2. The van der Waals surface area contributed by atoms with Gasteiger partial charge in [0.2, 0.25) is 0 Å². The zero-order valence-electron chi connectivity index (χ0n) is 13.0. The molecule has 0 saturated carbocycles. The summed E-state index contributed by atoms with van der Waals surface area (Å²) in [6, 6.07) is -0.316. The molecule has 0 aliphatic heterocycles. The highest BCUT2D eigenvalue weighted by atomic mass is 16.2. The van der Waals surface area contributed by atoms with Crippen LogP contribution in [0.3, 0.4) is 0 Å². The van der Waals surface area contributed by atoms with Crippen molar-refractivity contribution in [3.63, 3.8) is 0 Å². The predicted molar refractivity (Wildman–Crippen MR) is 82.5 cm³/mol. The van der Waals surface area contributed by atoms with E-state index in [4.69, 9.17) is 0 Å². The Kier molecular flexibility index (Phi) is 7.28. The number of carbonyl (C=O) groups excluding carboxylic acids is 2. The molecule has 0 fully saturated rings. The second-order valence-electron chi connectivity index (χ2n) is 4.74. The maximum Gasteiger partial charge on any atom is 0.319 e. The van der Waals surface area contributed by atoms with Crippen LogP contribution in [-0.2, 0) is 6.54 Å². The molecule has 1 aromatic rings. The molecule has 0 atom stereocenters. The standard InChI is InChI=1S/C14H25N5O2/c1-4-7-9-16-14(21)17-11-10-19(6-3)18-12(11)13(20)15-8-5-2/h10H,4-9H2,1-3H3,(H,15,20)(H2,16,17,21). The smallest absolute Gasteiger partial charge is 0.319 e. The second kappa shape index (κ2) is 8.99. The summed E-state index contributed by atoms with van der Waals surface area (Å²) in [4.78, 5) is 23.8. The van der Waals surface area contributed by atoms with Gasteiger partial charge in [0.15, 0.2) is 5.69 Å². The first kappa shape index (κ1) is 17.0. The first-order chi connectivity index (χ1) is 10.1. The Morgan fingerprint density at radius 1 is 1.14 bits per heavy atom. The van der Waals surface area contributed by atoms with Crippen LogP contribution in [0.25, 0.3) is 0 Å². The first-order valence-corrected chi connectivity index (χ1v) is 7.52. The third-order valence-corrected chi connectivity index (χ3v) is 2.90. The summed E-state index contributed by atoms with van der Waals surface area (Å²) in [5, 5.41) is 12.4. The van der Waals surface area contributed by atoms with Crippen LogP contribution in [0.5, 0.6) is 0 Å². The SMILES string of the molecule is CCCCNC(=O)Nc1cn(CC)nc1C(=O)NCCC. The van der Waals surface area contributed by atoms with Crippen molar-refractivity contribution >= 4 is 17.6 Å². The fraction of sp³-hybridized carbons (Fsp3) is 0.643. The summed E-state index contributed by atoms with van der Waals surface area (Å²) in [6.07, 6.45) is 4.45. The maximum absolute atomic E-state index is 12.0. The van der Waals surface area contributed by atoms with Crippen molar-refractivity contribution in [1.82, 2.24) is 20.4 Å². The number of aromatic nitrogens is 2. The molecule has 7 nitrogen and oxygen atoms in total. The average Bonchev–Trinajstić information content (AvgIpc) is 2.88. The van der Waals surface area contributed by atoms with E-state index in [0.717, 1.165) is 19.3 Å². The van der Waals surface area contributed by atoms with Crippen molar-refractivity contribution in [2.45, 2.75) is 46.6 Å². The zero-order chi connectivity index (χ0) is 15.7. The van der Waals surface area contributed by atoms with E-state index in [2.05, 4.69) is 28.0 Å². The Bertz CT molecular complexity index is 470. The summed E-state index contributed by atoms with van der Waals surface area (Å²) in [6.45, 7) is 7.78. The molecule has 1 aromatic heterocycles. The number of nitrogens with zero attached hydrogens (tertiary/aromatic N) is 2. The largest absolute Gasteiger partial charge is 0.351 e. The van der Waals surface area contributed by atoms with Gasteiger partial charge >= 0.3 is 6.03 Å². The van der Waals surface area contributed by atoms with E-state index in [1.165, 1.54) is 0 Å². The van der Waals surface area contributed by atoms with Gasteiger partial charge in [-0.1, -0.05) is 20.3 Å². The van der Waals surface area contributed by atoms with Gasteiger partial charge in [-0.25, -0.2) is 4.79 Å². The van der Waals surface area contributed by atoms with E-state index in [-0.39, 0.29) is 17.6 Å². The highest BCUT2D eigenvalue weighted by molar-refractivity contribution is 6.01. The molecule has 1 rings (SSSR count). The van der Waals surface area contributed by atoms with Crippen molar-refractivity contribution in [3.05, 3.63) is 11.9 Å². The molecule has 0 spiro atoms. The van der Waals surface area contributed by atoms with E-state index in [0.29, 0.717) is 25.3 Å². The number of amides is 3. The van der Waals surface area contributed by atoms with Crippen LogP contribution in [0.2, 0.25) is 0 Å². The molecule has 3 amide bonds. The lowest BCUT2D eigenvalue weighted by atomic mass is 10.3. The van der Waals surface area contributed by atoms with Crippen molar-refractivity contribution in [2.24, 2.45) is 0 Å². The zero-order valence-corrected chi connectivity index (χ0v) is 13.0. The van der Waals surface area contributed by atoms with Gasteiger partial charge in [0.05, 0.1) is 5.69 Å². The summed E-state index contributed by atoms with van der Waals surface area (Å²) in [5.74, 6) is -0.270. The van der Waals surface area contributed by atoms with E-state index in [1.54, 1.807) is 10.9 Å². The Morgan fingerprint density at radius 3 is 2.52 bits per heavy atom. The molecule has 0 bridgehead atoms. The van der Waals surface area contributed by atoms with Crippen LogP contribution < -0.4 is 16.0 Å². The van der Waals surface area contributed by atoms with Crippen LogP contribution in [0.15, 0.2) is 6.20 Å². The molecule has 0 aliphatic carbocycles. The second-order valence-corrected chi connectivity index (χ2v) is 4.74. The number of anilines is 1. The predicted octanol–water partition coefficient (Wildman–Crippen LogP) is 1.96. The highest BCUT2D eigenvalue weighted by Crippen LogP contribution is 2.13. The molecule has 0 radical (unpaired) electrons. The van der Waals surface area contributed by atoms with Crippen molar-refractivity contribution in [2.75, 3.05) is 18.4 Å². The number of hydrogen-bond donors (Lipinski definition) is 3. The number of rotatable bonds is 8. The quantitative estimate of drug-likeness (QED) is 0.641. The molecule has 118 valence electrons. The lowest BCUT2D eigenvalue weighted by molar-refractivity contribution is 0.0948. The third-order valence-electron chi connectivity index (χ3n) is 2.90. The van der Waals surface area contributed by atoms with Crippen LogP contribution in [0.4, 0.5) is 10.5 Å². The summed E-state index contributed by atoms with van der Waals surface area (Å²) in [5.41, 5.74) is 0.676. The van der Waals surface area contributed by atoms with E-state index in [1.807, 2.05) is 13.8 Å². The number of aryl methyl sites for hydroxylation is 1. The minimum atomic E-state index is -0.316. The van der Waals surface area contributed by atoms with E-state index >= 15 is 0 Å². The van der Waals surface area contributed by atoms with E-state index < -0.39 is 0 Å². The number of unbranched alkanes of at least 4 members (excludes halogenated alkanes) is 1. The maximum atomic E-state index is 12.0. The van der Waals surface area contributed by atoms with Crippen LogP contribution in [-0.4, -0.2) is 34.8 Å². The van der Waals surface area contributed by atoms with Gasteiger partial charge in [-0.3, -0.25) is 9.48 Å². The molecule has 1 heterocycles. The minimum Gasteiger partial charge on any atom is -0.351 e. The number of hydrogen-bond acceptors (Lipinski definition) is 3. The molecule has 0 unspecified atom stereocenters. The summed E-state index contributed by atoms with van der Waals surface area (Å²) < 4.78 is 1.63. The lowest BCUT2D eigenvalue weighted by Crippen LogP contribution is -2.31. The van der Waals surface area contributed by atoms with Gasteiger partial charge in [0.1, 0.15) is 0 Å². The molecule has 0 saturated heterocycles. The van der Waals surface area contributed by atoms with Gasteiger partial charge in [0, 0.05) is 25.8 Å². The Morgan fingerprint density at radius 2 is 1.90 bits per heavy atom. The van der Waals surface area contributed by atoms with E-state index in [9.17, 15) is 9.59 Å². The third kappa shape index (κ3) is 5.45. The van der Waals surface area contributed by atoms with Crippen molar-refractivity contribution < 1.29 is 9.59 Å². The average molecular weight is 295 g/mol. The fourth-order valence-corrected chi connectivity index (χ4v) is 1.71. The highest BCUT2D eigenvalue weighted by Gasteiger charge is 2.17. The van der Waals surface area contributed by atoms with Crippen LogP contribution in [0, 0.1) is 0 Å². The van der Waals surface area contributed by atoms with Gasteiger partial charge in [-0.05, 0) is 19.8 Å². The van der Waals surface area contributed by atoms with Gasteiger partial charge in [-0.15, -0.1) is 0 Å². The van der Waals surface area contributed by atoms with Gasteiger partial charge < -0.3 is 16.0 Å². The molecule has 3 N–H and O–H groups in total. The molecule has 0 aliphatic rings. The fourth-order valence-electron chi connectivity index (χ4n) is 1.71. The summed E-state index contributed by atoms with van der Waals surface area (Å²) >= 11 is 0. The van der Waals surface area contributed by atoms with Crippen molar-refractivity contribution in [1.29, 1.82) is 0 Å². The van der Waals surface area contributed by atoms with Crippen LogP contribution in [0.1, 0.15) is 50.5 Å². The normalized spacial score (nSPS) is 10.2. The number of nitrogens with one attached hydrogen (secondary N) is 3. The number of urea groups is 1. The molecule has 7 heteroatoms. The molecular weight excluding hydrogens is 270 g/mol. The summed E-state index contributed by atoms with van der Waals surface area (Å²) in [7, 11) is 0. The Hall–Kier alpha value is -2.05. The Balaban J connectivity index is 2.73. The number of carbonyl (C=O) groups is 2. The Labute approximate surface area is 125 Å². The van der Waals surface area contributed by atoms with Crippen LogP contribution >= 0.6 is 0 Å². The lowest BCUT2D eigenvalue weighted by Gasteiger charge is -2.07. The minimum absolute atomic E-state index is 0.246. The van der Waals surface area contributed by atoms with Gasteiger partial charge in [-0.2, -0.15) is 5.10 Å². The monoisotopic (exact) mass is 295 g/mol. The molecule has 0 aromatic carbocycles. The molecule has 21 heavy (non-hydrogen) atoms.